The Balaban J connectivity index is 1.96. The lowest BCUT2D eigenvalue weighted by atomic mass is 10.2. The second-order valence-electron chi connectivity index (χ2n) is 3.98. The van der Waals surface area contributed by atoms with Crippen LogP contribution in [-0.4, -0.2) is 19.6 Å². The molecule has 0 aliphatic carbocycles. The van der Waals surface area contributed by atoms with Gasteiger partial charge >= 0.3 is 0 Å². The fraction of sp³-hybridized carbons (Fsp3) is 0. The van der Waals surface area contributed by atoms with E-state index < -0.39 is 0 Å². The highest BCUT2D eigenvalue weighted by atomic mass is 35.5. The van der Waals surface area contributed by atoms with Gasteiger partial charge in [0.05, 0.1) is 28.0 Å². The molecule has 1 aromatic carbocycles. The third-order valence-corrected chi connectivity index (χ3v) is 3.52. The van der Waals surface area contributed by atoms with Gasteiger partial charge in [-0.25, -0.2) is 4.98 Å². The summed E-state index contributed by atoms with van der Waals surface area (Å²) >= 11 is 7.17. The lowest BCUT2D eigenvalue weighted by Crippen LogP contribution is -2.13. The average Bonchev–Trinajstić information content (AvgIpc) is 2.91. The van der Waals surface area contributed by atoms with Crippen molar-refractivity contribution in [2.75, 3.05) is 11.1 Å². The molecule has 0 saturated heterocycles. The molecular formula is C12H8ClN5OS. The summed E-state index contributed by atoms with van der Waals surface area (Å²) < 4.78 is 8.24. The fourth-order valence-corrected chi connectivity index (χ4v) is 2.41. The number of nitrogens with one attached hydrogen (secondary N) is 1. The van der Waals surface area contributed by atoms with Gasteiger partial charge in [-0.05, 0) is 24.3 Å². The standard InChI is InChI=1S/C12H8ClN5OS/c13-7-2-3-8-11(18-20-17-8)10(7)16-12(19)6-1-4-9(14)15-5-6/h1-5H,(H2,14,15)(H,16,19). The Morgan fingerprint density at radius 1 is 1.25 bits per heavy atom. The van der Waals surface area contributed by atoms with Crippen LogP contribution in [0.5, 0.6) is 0 Å². The second-order valence-corrected chi connectivity index (χ2v) is 4.92. The zero-order valence-corrected chi connectivity index (χ0v) is 11.6. The monoisotopic (exact) mass is 305 g/mol. The number of carbonyl (C=O) groups is 1. The molecule has 0 unspecified atom stereocenters. The van der Waals surface area contributed by atoms with Gasteiger partial charge in [0, 0.05) is 6.20 Å². The van der Waals surface area contributed by atoms with Crippen LogP contribution in [0.3, 0.4) is 0 Å². The predicted molar refractivity (Wildman–Crippen MR) is 79.0 cm³/mol. The number of amides is 1. The van der Waals surface area contributed by atoms with Crippen molar-refractivity contribution < 1.29 is 4.79 Å². The van der Waals surface area contributed by atoms with E-state index >= 15 is 0 Å². The minimum atomic E-state index is -0.333. The zero-order chi connectivity index (χ0) is 14.1. The molecule has 3 N–H and O–H groups in total. The van der Waals surface area contributed by atoms with E-state index in [9.17, 15) is 4.79 Å². The maximum absolute atomic E-state index is 12.1. The molecule has 0 spiro atoms. The van der Waals surface area contributed by atoms with Gasteiger partial charge < -0.3 is 11.1 Å². The number of nitrogens with two attached hydrogens (primary N) is 1. The third kappa shape index (κ3) is 2.28. The van der Waals surface area contributed by atoms with Crippen molar-refractivity contribution in [2.24, 2.45) is 0 Å². The topological polar surface area (TPSA) is 93.8 Å². The summed E-state index contributed by atoms with van der Waals surface area (Å²) in [5.74, 6) is 0.0188. The molecule has 3 aromatic rings. The Morgan fingerprint density at radius 3 is 2.85 bits per heavy atom. The van der Waals surface area contributed by atoms with Crippen LogP contribution < -0.4 is 11.1 Å². The van der Waals surface area contributed by atoms with Gasteiger partial charge in [-0.1, -0.05) is 11.6 Å². The lowest BCUT2D eigenvalue weighted by Gasteiger charge is -2.07. The number of pyridine rings is 1. The normalized spacial score (nSPS) is 10.7. The summed E-state index contributed by atoms with van der Waals surface area (Å²) in [4.78, 5) is 16.0. The molecule has 0 atom stereocenters. The van der Waals surface area contributed by atoms with Crippen LogP contribution in [0.1, 0.15) is 10.4 Å². The summed E-state index contributed by atoms with van der Waals surface area (Å²) in [6.45, 7) is 0. The van der Waals surface area contributed by atoms with E-state index in [4.69, 9.17) is 17.3 Å². The molecule has 0 aliphatic rings. The first-order valence-corrected chi connectivity index (χ1v) is 6.69. The first kappa shape index (κ1) is 12.8. The first-order chi connectivity index (χ1) is 9.65. The number of hydrogen-bond donors (Lipinski definition) is 2. The number of rotatable bonds is 2. The Hall–Kier alpha value is -2.25. The van der Waals surface area contributed by atoms with Crippen LogP contribution in [0.15, 0.2) is 30.5 Å². The summed E-state index contributed by atoms with van der Waals surface area (Å²) in [5.41, 5.74) is 7.57. The number of aromatic nitrogens is 3. The molecule has 2 heterocycles. The van der Waals surface area contributed by atoms with Gasteiger partial charge in [-0.2, -0.15) is 8.75 Å². The molecule has 2 aromatic heterocycles. The molecule has 20 heavy (non-hydrogen) atoms. The predicted octanol–water partition coefficient (Wildman–Crippen LogP) is 2.57. The smallest absolute Gasteiger partial charge is 0.257 e. The zero-order valence-electron chi connectivity index (χ0n) is 10.0. The van der Waals surface area contributed by atoms with Crippen molar-refractivity contribution in [3.8, 4) is 0 Å². The quantitative estimate of drug-likeness (QED) is 0.759. The van der Waals surface area contributed by atoms with Gasteiger partial charge in [-0.3, -0.25) is 4.79 Å². The summed E-state index contributed by atoms with van der Waals surface area (Å²) in [5, 5.41) is 3.13. The number of benzene rings is 1. The first-order valence-electron chi connectivity index (χ1n) is 5.59. The maximum Gasteiger partial charge on any atom is 0.257 e. The molecule has 0 radical (unpaired) electrons. The van der Waals surface area contributed by atoms with Crippen molar-refractivity contribution in [1.29, 1.82) is 0 Å². The summed E-state index contributed by atoms with van der Waals surface area (Å²) in [7, 11) is 0. The molecule has 8 heteroatoms. The van der Waals surface area contributed by atoms with Crippen LogP contribution in [-0.2, 0) is 0 Å². The van der Waals surface area contributed by atoms with Crippen molar-refractivity contribution in [2.45, 2.75) is 0 Å². The molecule has 0 bridgehead atoms. The van der Waals surface area contributed by atoms with Gasteiger partial charge in [0.1, 0.15) is 16.9 Å². The van der Waals surface area contributed by atoms with Crippen molar-refractivity contribution >= 4 is 51.8 Å². The lowest BCUT2D eigenvalue weighted by molar-refractivity contribution is 0.102. The third-order valence-electron chi connectivity index (χ3n) is 2.66. The van der Waals surface area contributed by atoms with Crippen molar-refractivity contribution in [3.63, 3.8) is 0 Å². The molecule has 0 aliphatic heterocycles. The minimum Gasteiger partial charge on any atom is -0.384 e. The number of fused-ring (bicyclic) bond motifs is 1. The highest BCUT2D eigenvalue weighted by molar-refractivity contribution is 7.00. The molecule has 100 valence electrons. The van der Waals surface area contributed by atoms with E-state index in [0.717, 1.165) is 11.7 Å². The molecule has 0 fully saturated rings. The molecule has 3 rings (SSSR count). The highest BCUT2D eigenvalue weighted by Gasteiger charge is 2.14. The van der Waals surface area contributed by atoms with Crippen LogP contribution >= 0.6 is 23.3 Å². The van der Waals surface area contributed by atoms with Crippen molar-refractivity contribution in [3.05, 3.63) is 41.0 Å². The maximum atomic E-state index is 12.1. The van der Waals surface area contributed by atoms with Gasteiger partial charge in [-0.15, -0.1) is 0 Å². The van der Waals surface area contributed by atoms with E-state index in [2.05, 4.69) is 19.0 Å². The highest BCUT2D eigenvalue weighted by Crippen LogP contribution is 2.30. The SMILES string of the molecule is Nc1ccc(C(=O)Nc2c(Cl)ccc3nsnc23)cn1. The summed E-state index contributed by atoms with van der Waals surface area (Å²) in [6.07, 6.45) is 1.40. The number of anilines is 2. The number of nitrogens with zero attached hydrogens (tertiary/aromatic N) is 3. The number of halogens is 1. The van der Waals surface area contributed by atoms with E-state index in [0.29, 0.717) is 33.1 Å². The van der Waals surface area contributed by atoms with Gasteiger partial charge in [0.25, 0.3) is 5.91 Å². The largest absolute Gasteiger partial charge is 0.384 e. The Labute approximate surface area is 122 Å². The Morgan fingerprint density at radius 2 is 2.10 bits per heavy atom. The Kier molecular flexibility index (Phi) is 3.21. The van der Waals surface area contributed by atoms with Crippen LogP contribution in [0.4, 0.5) is 11.5 Å². The number of carbonyl (C=O) groups excluding carboxylic acids is 1. The van der Waals surface area contributed by atoms with Crippen molar-refractivity contribution in [1.82, 2.24) is 13.7 Å². The number of hydrogen-bond acceptors (Lipinski definition) is 6. The van der Waals surface area contributed by atoms with Gasteiger partial charge in [0.15, 0.2) is 0 Å². The molecule has 0 saturated carbocycles. The molecule has 1 amide bonds. The van der Waals surface area contributed by atoms with Gasteiger partial charge in [0.2, 0.25) is 0 Å². The van der Waals surface area contributed by atoms with E-state index in [1.165, 1.54) is 6.20 Å². The van der Waals surface area contributed by atoms with E-state index in [-0.39, 0.29) is 5.91 Å². The van der Waals surface area contributed by atoms with E-state index in [1.807, 2.05) is 0 Å². The number of nitrogen functional groups attached to an aromatic ring is 1. The minimum absolute atomic E-state index is 0.333. The fourth-order valence-electron chi connectivity index (χ4n) is 1.67. The molecule has 6 nitrogen and oxygen atoms in total. The van der Waals surface area contributed by atoms with Crippen LogP contribution in [0, 0.1) is 0 Å². The van der Waals surface area contributed by atoms with Crippen LogP contribution in [0.2, 0.25) is 5.02 Å². The van der Waals surface area contributed by atoms with E-state index in [1.54, 1.807) is 24.3 Å². The van der Waals surface area contributed by atoms with Crippen LogP contribution in [0.25, 0.3) is 11.0 Å². The summed E-state index contributed by atoms with van der Waals surface area (Å²) in [6, 6.07) is 6.57. The average molecular weight is 306 g/mol. The molecular weight excluding hydrogens is 298 g/mol. The second kappa shape index (κ2) is 5.03. The Bertz CT molecular complexity index is 786.